The maximum Gasteiger partial charge on any atom is 0.241 e. The van der Waals surface area contributed by atoms with Crippen molar-refractivity contribution in [2.75, 3.05) is 0 Å². The first-order valence-electron chi connectivity index (χ1n) is 8.70. The van der Waals surface area contributed by atoms with Crippen LogP contribution in [0.15, 0.2) is 30.3 Å². The molecule has 3 aliphatic rings. The first-order valence-corrected chi connectivity index (χ1v) is 8.70. The fourth-order valence-electron chi connectivity index (χ4n) is 4.84. The van der Waals surface area contributed by atoms with Crippen molar-refractivity contribution in [2.24, 2.45) is 11.7 Å². The van der Waals surface area contributed by atoms with Crippen LogP contribution in [0.3, 0.4) is 0 Å². The summed E-state index contributed by atoms with van der Waals surface area (Å²) >= 11 is 0. The van der Waals surface area contributed by atoms with E-state index in [-0.39, 0.29) is 23.4 Å². The lowest BCUT2D eigenvalue weighted by Gasteiger charge is -2.38. The number of likely N-dealkylation sites (tertiary alicyclic amines) is 1. The number of carbonyl (C=O) groups excluding carboxylic acids is 1. The molecule has 1 aromatic rings. The number of piperidine rings is 1. The van der Waals surface area contributed by atoms with Gasteiger partial charge < -0.3 is 10.6 Å². The van der Waals surface area contributed by atoms with E-state index in [1.54, 1.807) is 0 Å². The lowest BCUT2D eigenvalue weighted by atomic mass is 9.72. The molecule has 0 spiro atoms. The van der Waals surface area contributed by atoms with E-state index < -0.39 is 6.04 Å². The van der Waals surface area contributed by atoms with Gasteiger partial charge in [-0.05, 0) is 37.2 Å². The molecule has 2 N–H and O–H groups in total. The monoisotopic (exact) mass is 309 g/mol. The number of fused-ring (bicyclic) bond motifs is 1. The summed E-state index contributed by atoms with van der Waals surface area (Å²) in [6.07, 6.45) is 6.03. The van der Waals surface area contributed by atoms with Crippen LogP contribution in [-0.2, 0) is 10.2 Å². The van der Waals surface area contributed by atoms with E-state index in [1.807, 2.05) is 23.1 Å². The van der Waals surface area contributed by atoms with Crippen LogP contribution in [0, 0.1) is 17.2 Å². The van der Waals surface area contributed by atoms with E-state index in [0.717, 1.165) is 38.5 Å². The van der Waals surface area contributed by atoms with Gasteiger partial charge in [0.25, 0.3) is 0 Å². The Kier molecular flexibility index (Phi) is 3.42. The number of rotatable bonds is 3. The van der Waals surface area contributed by atoms with Crippen LogP contribution >= 0.6 is 0 Å². The van der Waals surface area contributed by atoms with Crippen LogP contribution in [0.1, 0.15) is 44.1 Å². The van der Waals surface area contributed by atoms with E-state index in [2.05, 4.69) is 18.2 Å². The lowest BCUT2D eigenvalue weighted by molar-refractivity contribution is -0.135. The molecular weight excluding hydrogens is 286 g/mol. The highest BCUT2D eigenvalue weighted by Crippen LogP contribution is 2.50. The molecule has 23 heavy (non-hydrogen) atoms. The highest BCUT2D eigenvalue weighted by molar-refractivity contribution is 5.85. The second-order valence-electron chi connectivity index (χ2n) is 7.40. The molecule has 0 aromatic heterocycles. The van der Waals surface area contributed by atoms with E-state index in [0.29, 0.717) is 5.92 Å². The molecule has 0 bridgehead atoms. The number of benzene rings is 1. The highest BCUT2D eigenvalue weighted by atomic mass is 16.2. The van der Waals surface area contributed by atoms with Gasteiger partial charge in [0.15, 0.2) is 0 Å². The number of hydrogen-bond acceptors (Lipinski definition) is 3. The summed E-state index contributed by atoms with van der Waals surface area (Å²) < 4.78 is 0. The number of nitrogens with zero attached hydrogens (tertiary/aromatic N) is 2. The summed E-state index contributed by atoms with van der Waals surface area (Å²) in [6.45, 7) is 0. The molecule has 4 nitrogen and oxygen atoms in total. The Bertz CT molecular complexity index is 644. The Hall–Kier alpha value is -1.86. The standard InChI is InChI=1S/C19H23N3O/c20-12-15-10-13-11-16(13)22(15)18(23)17(21)19(8-4-5-9-19)14-6-2-1-3-7-14/h1-3,6-7,13,15-17H,4-5,8-11,21H2/t13-,15?,16+,17-/m1/s1. The quantitative estimate of drug-likeness (QED) is 0.931. The van der Waals surface area contributed by atoms with Crippen molar-refractivity contribution < 1.29 is 4.79 Å². The van der Waals surface area contributed by atoms with E-state index >= 15 is 0 Å². The molecule has 0 radical (unpaired) electrons. The lowest BCUT2D eigenvalue weighted by Crippen LogP contribution is -2.56. The van der Waals surface area contributed by atoms with Crippen LogP contribution in [0.4, 0.5) is 0 Å². The molecule has 1 amide bonds. The minimum Gasteiger partial charge on any atom is -0.322 e. The molecule has 4 rings (SSSR count). The summed E-state index contributed by atoms with van der Waals surface area (Å²) in [5.74, 6) is 0.527. The number of hydrogen-bond donors (Lipinski definition) is 1. The average Bonchev–Trinajstić information content (AvgIpc) is 3.03. The third kappa shape index (κ3) is 2.18. The van der Waals surface area contributed by atoms with Gasteiger partial charge in [0.2, 0.25) is 5.91 Å². The van der Waals surface area contributed by atoms with E-state index in [9.17, 15) is 10.1 Å². The normalized spacial score (nSPS) is 32.2. The topological polar surface area (TPSA) is 70.1 Å². The Labute approximate surface area is 137 Å². The van der Waals surface area contributed by atoms with Gasteiger partial charge in [0.1, 0.15) is 6.04 Å². The minimum atomic E-state index is -0.539. The maximum absolute atomic E-state index is 13.2. The highest BCUT2D eigenvalue weighted by Gasteiger charge is 2.57. The van der Waals surface area contributed by atoms with Crippen molar-refractivity contribution >= 4 is 5.91 Å². The zero-order valence-corrected chi connectivity index (χ0v) is 13.3. The summed E-state index contributed by atoms with van der Waals surface area (Å²) in [7, 11) is 0. The van der Waals surface area contributed by atoms with Gasteiger partial charge in [-0.1, -0.05) is 43.2 Å². The van der Waals surface area contributed by atoms with Crippen LogP contribution in [0.5, 0.6) is 0 Å². The molecule has 1 saturated heterocycles. The molecule has 1 aliphatic heterocycles. The summed E-state index contributed by atoms with van der Waals surface area (Å²) in [5.41, 5.74) is 7.49. The largest absolute Gasteiger partial charge is 0.322 e. The smallest absolute Gasteiger partial charge is 0.241 e. The molecule has 3 fully saturated rings. The van der Waals surface area contributed by atoms with Gasteiger partial charge in [0, 0.05) is 11.5 Å². The zero-order chi connectivity index (χ0) is 16.0. The summed E-state index contributed by atoms with van der Waals surface area (Å²) in [4.78, 5) is 15.0. The third-order valence-electron chi connectivity index (χ3n) is 6.21. The van der Waals surface area contributed by atoms with Gasteiger partial charge in [-0.3, -0.25) is 4.79 Å². The first-order chi connectivity index (χ1) is 11.2. The first kappa shape index (κ1) is 14.7. The Morgan fingerprint density at radius 3 is 2.61 bits per heavy atom. The van der Waals surface area contributed by atoms with E-state index in [4.69, 9.17) is 5.73 Å². The number of nitrogens with two attached hydrogens (primary N) is 1. The molecule has 2 aliphatic carbocycles. The second kappa shape index (κ2) is 5.35. The number of carbonyl (C=O) groups is 1. The Morgan fingerprint density at radius 1 is 1.26 bits per heavy atom. The number of nitriles is 1. The fourth-order valence-corrected chi connectivity index (χ4v) is 4.84. The van der Waals surface area contributed by atoms with Crippen molar-refractivity contribution in [1.82, 2.24) is 4.90 Å². The van der Waals surface area contributed by atoms with Crippen LogP contribution in [0.2, 0.25) is 0 Å². The SMILES string of the molecule is N#CC1C[C@@H]2C[C@@H]2N1C(=O)[C@@H](N)C1(c2ccccc2)CCCC1. The summed E-state index contributed by atoms with van der Waals surface area (Å²) in [6, 6.07) is 12.0. The number of amides is 1. The van der Waals surface area contributed by atoms with Crippen molar-refractivity contribution in [3.8, 4) is 6.07 Å². The third-order valence-corrected chi connectivity index (χ3v) is 6.21. The molecule has 4 atom stereocenters. The predicted molar refractivity (Wildman–Crippen MR) is 87.3 cm³/mol. The van der Waals surface area contributed by atoms with Gasteiger partial charge >= 0.3 is 0 Å². The van der Waals surface area contributed by atoms with Crippen LogP contribution < -0.4 is 5.73 Å². The van der Waals surface area contributed by atoms with Gasteiger partial charge in [-0.2, -0.15) is 5.26 Å². The molecule has 1 unspecified atom stereocenters. The average molecular weight is 309 g/mol. The molecule has 120 valence electrons. The summed E-state index contributed by atoms with van der Waals surface area (Å²) in [5, 5.41) is 9.37. The molecule has 1 aromatic carbocycles. The van der Waals surface area contributed by atoms with Gasteiger partial charge in [-0.15, -0.1) is 0 Å². The van der Waals surface area contributed by atoms with Crippen molar-refractivity contribution in [3.05, 3.63) is 35.9 Å². The molecular formula is C19H23N3O. The fraction of sp³-hybridized carbons (Fsp3) is 0.579. The minimum absolute atomic E-state index is 0.00713. The molecule has 2 saturated carbocycles. The predicted octanol–water partition coefficient (Wildman–Crippen LogP) is 2.34. The maximum atomic E-state index is 13.2. The Balaban J connectivity index is 1.65. The zero-order valence-electron chi connectivity index (χ0n) is 13.3. The second-order valence-corrected chi connectivity index (χ2v) is 7.40. The van der Waals surface area contributed by atoms with Gasteiger partial charge in [-0.25, -0.2) is 0 Å². The van der Waals surface area contributed by atoms with Crippen molar-refractivity contribution in [2.45, 2.75) is 62.1 Å². The molecule has 4 heteroatoms. The van der Waals surface area contributed by atoms with Crippen LogP contribution in [0.25, 0.3) is 0 Å². The van der Waals surface area contributed by atoms with Gasteiger partial charge in [0.05, 0.1) is 12.1 Å². The van der Waals surface area contributed by atoms with E-state index in [1.165, 1.54) is 5.56 Å². The van der Waals surface area contributed by atoms with Crippen LogP contribution in [-0.4, -0.2) is 28.9 Å². The van der Waals surface area contributed by atoms with Crippen molar-refractivity contribution in [3.63, 3.8) is 0 Å². The van der Waals surface area contributed by atoms with Crippen molar-refractivity contribution in [1.29, 1.82) is 5.26 Å². The molecule has 1 heterocycles. The Morgan fingerprint density at radius 2 is 1.96 bits per heavy atom.